The first-order valence-corrected chi connectivity index (χ1v) is 7.92. The standard InChI is InChI=1S/C19H20FN3O3/c1-12-7-8-17(26-3)16(9-12)21-18(24)10-13(2)22-23-19(25)14-5-4-6-15(20)11-14/h4-9,11H,10H2,1-3H3,(H,21,24)(H,23,25)/b22-13+. The number of ether oxygens (including phenoxy) is 1. The fourth-order valence-electron chi connectivity index (χ4n) is 2.23. The van der Waals surface area contributed by atoms with Crippen LogP contribution in [0.5, 0.6) is 5.75 Å². The highest BCUT2D eigenvalue weighted by Crippen LogP contribution is 2.25. The van der Waals surface area contributed by atoms with Gasteiger partial charge in [-0.15, -0.1) is 0 Å². The van der Waals surface area contributed by atoms with Crippen LogP contribution < -0.4 is 15.5 Å². The van der Waals surface area contributed by atoms with Gasteiger partial charge in [0.15, 0.2) is 0 Å². The molecule has 26 heavy (non-hydrogen) atoms. The van der Waals surface area contributed by atoms with Crippen molar-refractivity contribution < 1.29 is 18.7 Å². The summed E-state index contributed by atoms with van der Waals surface area (Å²) in [6.07, 6.45) is -0.0134. The number of hydrogen-bond acceptors (Lipinski definition) is 4. The number of anilines is 1. The lowest BCUT2D eigenvalue weighted by atomic mass is 10.2. The van der Waals surface area contributed by atoms with E-state index in [1.165, 1.54) is 25.3 Å². The summed E-state index contributed by atoms with van der Waals surface area (Å²) in [4.78, 5) is 24.0. The number of nitrogens with zero attached hydrogens (tertiary/aromatic N) is 1. The number of aryl methyl sites for hydroxylation is 1. The monoisotopic (exact) mass is 357 g/mol. The Morgan fingerprint density at radius 1 is 1.19 bits per heavy atom. The highest BCUT2D eigenvalue weighted by atomic mass is 19.1. The number of amides is 2. The summed E-state index contributed by atoms with van der Waals surface area (Å²) in [5, 5.41) is 6.63. The number of rotatable bonds is 6. The van der Waals surface area contributed by atoms with Crippen LogP contribution >= 0.6 is 0 Å². The molecule has 136 valence electrons. The predicted octanol–water partition coefficient (Wildman–Crippen LogP) is 3.28. The number of hydrogen-bond donors (Lipinski definition) is 2. The molecule has 2 N–H and O–H groups in total. The lowest BCUT2D eigenvalue weighted by molar-refractivity contribution is -0.115. The first-order valence-electron chi connectivity index (χ1n) is 7.92. The molecule has 6 nitrogen and oxygen atoms in total. The third kappa shape index (κ3) is 5.41. The van der Waals surface area contributed by atoms with Crippen molar-refractivity contribution in [2.45, 2.75) is 20.3 Å². The summed E-state index contributed by atoms with van der Waals surface area (Å²) >= 11 is 0. The SMILES string of the molecule is COc1ccc(C)cc1NC(=O)C/C(C)=N/NC(=O)c1cccc(F)c1. The molecule has 0 spiro atoms. The van der Waals surface area contributed by atoms with Gasteiger partial charge < -0.3 is 10.1 Å². The topological polar surface area (TPSA) is 79.8 Å². The maximum absolute atomic E-state index is 13.1. The van der Waals surface area contributed by atoms with Crippen molar-refractivity contribution in [3.8, 4) is 5.75 Å². The van der Waals surface area contributed by atoms with E-state index in [1.807, 2.05) is 13.0 Å². The summed E-state index contributed by atoms with van der Waals surface area (Å²) in [5.74, 6) is -0.803. The van der Waals surface area contributed by atoms with Crippen molar-refractivity contribution in [2.75, 3.05) is 12.4 Å². The Kier molecular flexibility index (Phi) is 6.43. The van der Waals surface area contributed by atoms with E-state index < -0.39 is 11.7 Å². The van der Waals surface area contributed by atoms with Crippen LogP contribution in [0.4, 0.5) is 10.1 Å². The fraction of sp³-hybridized carbons (Fsp3) is 0.211. The molecule has 2 amide bonds. The Bertz CT molecular complexity index is 850. The van der Waals surface area contributed by atoms with Crippen molar-refractivity contribution in [1.29, 1.82) is 0 Å². The molecular weight excluding hydrogens is 337 g/mol. The van der Waals surface area contributed by atoms with Gasteiger partial charge in [-0.25, -0.2) is 9.82 Å². The Hall–Kier alpha value is -3.22. The van der Waals surface area contributed by atoms with E-state index in [9.17, 15) is 14.0 Å². The minimum Gasteiger partial charge on any atom is -0.495 e. The molecule has 0 aliphatic heterocycles. The van der Waals surface area contributed by atoms with Crippen molar-refractivity contribution >= 4 is 23.2 Å². The van der Waals surface area contributed by atoms with E-state index >= 15 is 0 Å². The first kappa shape index (κ1) is 19.1. The molecule has 2 aromatic rings. The Balaban J connectivity index is 1.95. The summed E-state index contributed by atoms with van der Waals surface area (Å²) in [7, 11) is 1.52. The molecule has 0 unspecified atom stereocenters. The summed E-state index contributed by atoms with van der Waals surface area (Å²) in [6, 6.07) is 10.7. The third-order valence-electron chi connectivity index (χ3n) is 3.48. The van der Waals surface area contributed by atoms with Crippen molar-refractivity contribution in [3.63, 3.8) is 0 Å². The number of carbonyl (C=O) groups is 2. The lowest BCUT2D eigenvalue weighted by Crippen LogP contribution is -2.21. The Morgan fingerprint density at radius 2 is 1.96 bits per heavy atom. The molecule has 0 aliphatic carbocycles. The molecule has 0 fully saturated rings. The average molecular weight is 357 g/mol. The molecule has 0 saturated carbocycles. The van der Waals surface area contributed by atoms with Crippen LogP contribution in [0.25, 0.3) is 0 Å². The third-order valence-corrected chi connectivity index (χ3v) is 3.48. The normalized spacial score (nSPS) is 11.0. The molecule has 7 heteroatoms. The quantitative estimate of drug-likeness (QED) is 0.615. The highest BCUT2D eigenvalue weighted by molar-refractivity contribution is 6.06. The number of carbonyl (C=O) groups excluding carboxylic acids is 2. The number of methoxy groups -OCH3 is 1. The van der Waals surface area contributed by atoms with Gasteiger partial charge in [0, 0.05) is 11.3 Å². The van der Waals surface area contributed by atoms with Gasteiger partial charge >= 0.3 is 0 Å². The van der Waals surface area contributed by atoms with Crippen LogP contribution in [0.2, 0.25) is 0 Å². The number of benzene rings is 2. The van der Waals surface area contributed by atoms with Crippen LogP contribution in [-0.4, -0.2) is 24.6 Å². The zero-order valence-electron chi connectivity index (χ0n) is 14.8. The second kappa shape index (κ2) is 8.75. The molecular formula is C19H20FN3O3. The minimum atomic E-state index is -0.551. The van der Waals surface area contributed by atoms with Crippen molar-refractivity contribution in [2.24, 2.45) is 5.10 Å². The van der Waals surface area contributed by atoms with Gasteiger partial charge in [-0.05, 0) is 49.7 Å². The molecule has 2 rings (SSSR count). The molecule has 0 heterocycles. The van der Waals surface area contributed by atoms with Crippen LogP contribution in [0, 0.1) is 12.7 Å². The smallest absolute Gasteiger partial charge is 0.271 e. The van der Waals surface area contributed by atoms with Crippen LogP contribution in [0.1, 0.15) is 29.3 Å². The van der Waals surface area contributed by atoms with E-state index in [1.54, 1.807) is 19.1 Å². The number of hydrazone groups is 1. The van der Waals surface area contributed by atoms with Gasteiger partial charge in [-0.3, -0.25) is 9.59 Å². The van der Waals surface area contributed by atoms with E-state index in [4.69, 9.17) is 4.74 Å². The highest BCUT2D eigenvalue weighted by Gasteiger charge is 2.10. The second-order valence-corrected chi connectivity index (χ2v) is 5.73. The van der Waals surface area contributed by atoms with Gasteiger partial charge in [0.1, 0.15) is 11.6 Å². The molecule has 0 aromatic heterocycles. The Morgan fingerprint density at radius 3 is 2.65 bits per heavy atom. The maximum Gasteiger partial charge on any atom is 0.271 e. The molecule has 0 aliphatic rings. The van der Waals surface area contributed by atoms with Crippen LogP contribution in [0.15, 0.2) is 47.6 Å². The van der Waals surface area contributed by atoms with Gasteiger partial charge in [0.2, 0.25) is 5.91 Å². The number of nitrogens with one attached hydrogen (secondary N) is 2. The molecule has 0 radical (unpaired) electrons. The molecule has 0 atom stereocenters. The van der Waals surface area contributed by atoms with Crippen LogP contribution in [0.3, 0.4) is 0 Å². The van der Waals surface area contributed by atoms with E-state index in [2.05, 4.69) is 15.8 Å². The van der Waals surface area contributed by atoms with Crippen molar-refractivity contribution in [3.05, 3.63) is 59.4 Å². The molecule has 0 saturated heterocycles. The average Bonchev–Trinajstić information content (AvgIpc) is 2.59. The van der Waals surface area contributed by atoms with E-state index in [0.717, 1.165) is 11.6 Å². The first-order chi connectivity index (χ1) is 12.4. The van der Waals surface area contributed by atoms with E-state index in [-0.39, 0.29) is 17.9 Å². The zero-order chi connectivity index (χ0) is 19.1. The molecule has 2 aromatic carbocycles. The fourth-order valence-corrected chi connectivity index (χ4v) is 2.23. The summed E-state index contributed by atoms with van der Waals surface area (Å²) in [5.41, 5.74) is 4.40. The summed E-state index contributed by atoms with van der Waals surface area (Å²) < 4.78 is 18.3. The number of halogens is 1. The second-order valence-electron chi connectivity index (χ2n) is 5.73. The van der Waals surface area contributed by atoms with Gasteiger partial charge in [-0.1, -0.05) is 12.1 Å². The van der Waals surface area contributed by atoms with Crippen molar-refractivity contribution in [1.82, 2.24) is 5.43 Å². The van der Waals surface area contributed by atoms with E-state index in [0.29, 0.717) is 17.1 Å². The van der Waals surface area contributed by atoms with Gasteiger partial charge in [0.05, 0.1) is 19.2 Å². The Labute approximate surface area is 151 Å². The maximum atomic E-state index is 13.1. The van der Waals surface area contributed by atoms with Gasteiger partial charge in [0.25, 0.3) is 5.91 Å². The van der Waals surface area contributed by atoms with Crippen LogP contribution in [-0.2, 0) is 4.79 Å². The lowest BCUT2D eigenvalue weighted by Gasteiger charge is -2.11. The van der Waals surface area contributed by atoms with Gasteiger partial charge in [-0.2, -0.15) is 5.10 Å². The molecule has 0 bridgehead atoms. The minimum absolute atomic E-state index is 0.0134. The predicted molar refractivity (Wildman–Crippen MR) is 98.0 cm³/mol. The summed E-state index contributed by atoms with van der Waals surface area (Å²) in [6.45, 7) is 3.52. The zero-order valence-corrected chi connectivity index (χ0v) is 14.8. The largest absolute Gasteiger partial charge is 0.495 e.